The lowest BCUT2D eigenvalue weighted by Gasteiger charge is -2.20. The number of nitrogens with zero attached hydrogens (tertiary/aromatic N) is 1. The van der Waals surface area contributed by atoms with Gasteiger partial charge in [-0.3, -0.25) is 0 Å². The quantitative estimate of drug-likeness (QED) is 0.586. The van der Waals surface area contributed by atoms with Crippen LogP contribution in [-0.2, 0) is 4.74 Å². The first-order chi connectivity index (χ1) is 8.26. The van der Waals surface area contributed by atoms with Gasteiger partial charge in [-0.2, -0.15) is 0 Å². The summed E-state index contributed by atoms with van der Waals surface area (Å²) in [6, 6.07) is 0. The summed E-state index contributed by atoms with van der Waals surface area (Å²) in [7, 11) is 2.00. The highest BCUT2D eigenvalue weighted by molar-refractivity contribution is 4.78. The van der Waals surface area contributed by atoms with Gasteiger partial charge in [0.15, 0.2) is 0 Å². The molecule has 0 spiro atoms. The molecule has 1 aliphatic heterocycles. The number of hydrogen-bond donors (Lipinski definition) is 2. The molecule has 2 atom stereocenters. The zero-order chi connectivity index (χ0) is 12.5. The highest BCUT2D eigenvalue weighted by Gasteiger charge is 2.23. The standard InChI is InChI=1S/C13H28N2O2/c1-3-4-7-17-11-13(16)10-15-6-5-12(9-15)8-14-2/h12-14,16H,3-11H2,1-2H3. The Bertz CT molecular complexity index is 190. The highest BCUT2D eigenvalue weighted by Crippen LogP contribution is 2.15. The van der Waals surface area contributed by atoms with Gasteiger partial charge < -0.3 is 20.1 Å². The van der Waals surface area contributed by atoms with Crippen LogP contribution >= 0.6 is 0 Å². The number of aliphatic hydroxyl groups is 1. The second-order valence-electron chi connectivity index (χ2n) is 5.05. The van der Waals surface area contributed by atoms with Crippen molar-refractivity contribution in [1.82, 2.24) is 10.2 Å². The van der Waals surface area contributed by atoms with Gasteiger partial charge in [0.2, 0.25) is 0 Å². The van der Waals surface area contributed by atoms with E-state index in [2.05, 4.69) is 17.1 Å². The molecular weight excluding hydrogens is 216 g/mol. The van der Waals surface area contributed by atoms with Crippen molar-refractivity contribution < 1.29 is 9.84 Å². The van der Waals surface area contributed by atoms with Crippen LogP contribution in [0.4, 0.5) is 0 Å². The van der Waals surface area contributed by atoms with Crippen molar-refractivity contribution >= 4 is 0 Å². The second kappa shape index (κ2) is 8.86. The van der Waals surface area contributed by atoms with E-state index in [1.807, 2.05) is 7.05 Å². The van der Waals surface area contributed by atoms with E-state index in [0.29, 0.717) is 6.61 Å². The van der Waals surface area contributed by atoms with Gasteiger partial charge >= 0.3 is 0 Å². The largest absolute Gasteiger partial charge is 0.389 e. The lowest BCUT2D eigenvalue weighted by Crippen LogP contribution is -2.34. The van der Waals surface area contributed by atoms with E-state index in [0.717, 1.165) is 51.5 Å². The molecule has 17 heavy (non-hydrogen) atoms. The van der Waals surface area contributed by atoms with Crippen LogP contribution in [0.1, 0.15) is 26.2 Å². The van der Waals surface area contributed by atoms with E-state index in [1.165, 1.54) is 6.42 Å². The molecule has 4 heteroatoms. The van der Waals surface area contributed by atoms with Crippen LogP contribution in [0.5, 0.6) is 0 Å². The van der Waals surface area contributed by atoms with Crippen molar-refractivity contribution in [3.05, 3.63) is 0 Å². The van der Waals surface area contributed by atoms with Crippen molar-refractivity contribution in [3.8, 4) is 0 Å². The lowest BCUT2D eigenvalue weighted by molar-refractivity contribution is 0.0190. The Balaban J connectivity index is 2.04. The normalized spacial score (nSPS) is 23.1. The molecule has 0 bridgehead atoms. The number of hydrogen-bond acceptors (Lipinski definition) is 4. The molecule has 2 N–H and O–H groups in total. The maximum absolute atomic E-state index is 9.84. The zero-order valence-electron chi connectivity index (χ0n) is 11.3. The molecule has 0 saturated carbocycles. The van der Waals surface area contributed by atoms with Gasteiger partial charge in [0.25, 0.3) is 0 Å². The van der Waals surface area contributed by atoms with Crippen LogP contribution in [0.15, 0.2) is 0 Å². The van der Waals surface area contributed by atoms with Crippen LogP contribution in [0.25, 0.3) is 0 Å². The Morgan fingerprint density at radius 3 is 3.06 bits per heavy atom. The molecule has 1 saturated heterocycles. The monoisotopic (exact) mass is 244 g/mol. The molecule has 0 radical (unpaired) electrons. The fourth-order valence-electron chi connectivity index (χ4n) is 2.35. The van der Waals surface area contributed by atoms with Crippen molar-refractivity contribution in [2.75, 3.05) is 46.4 Å². The molecule has 0 aliphatic carbocycles. The van der Waals surface area contributed by atoms with E-state index in [4.69, 9.17) is 4.74 Å². The summed E-state index contributed by atoms with van der Waals surface area (Å²) in [5.41, 5.74) is 0. The Labute approximate surface area is 105 Å². The molecule has 0 amide bonds. The summed E-state index contributed by atoms with van der Waals surface area (Å²) in [6.45, 7) is 7.45. The van der Waals surface area contributed by atoms with E-state index in [1.54, 1.807) is 0 Å². The van der Waals surface area contributed by atoms with Crippen molar-refractivity contribution in [2.24, 2.45) is 5.92 Å². The van der Waals surface area contributed by atoms with Gasteiger partial charge in [0, 0.05) is 19.7 Å². The number of aliphatic hydroxyl groups excluding tert-OH is 1. The number of nitrogens with one attached hydrogen (secondary N) is 1. The average molecular weight is 244 g/mol. The molecule has 4 nitrogen and oxygen atoms in total. The van der Waals surface area contributed by atoms with E-state index < -0.39 is 0 Å². The summed E-state index contributed by atoms with van der Waals surface area (Å²) in [5, 5.41) is 13.1. The minimum atomic E-state index is -0.333. The third-order valence-electron chi connectivity index (χ3n) is 3.28. The van der Waals surface area contributed by atoms with Crippen LogP contribution in [0.2, 0.25) is 0 Å². The Kier molecular flexibility index (Phi) is 7.77. The van der Waals surface area contributed by atoms with Gasteiger partial charge in [0.1, 0.15) is 0 Å². The Morgan fingerprint density at radius 2 is 2.35 bits per heavy atom. The van der Waals surface area contributed by atoms with Gasteiger partial charge in [-0.25, -0.2) is 0 Å². The van der Waals surface area contributed by atoms with Crippen molar-refractivity contribution in [1.29, 1.82) is 0 Å². The summed E-state index contributed by atoms with van der Waals surface area (Å²) >= 11 is 0. The number of ether oxygens (including phenoxy) is 1. The number of likely N-dealkylation sites (tertiary alicyclic amines) is 1. The molecule has 102 valence electrons. The number of unbranched alkanes of at least 4 members (excludes halogenated alkanes) is 1. The first-order valence-electron chi connectivity index (χ1n) is 6.89. The fraction of sp³-hybridized carbons (Fsp3) is 1.00. The van der Waals surface area contributed by atoms with Gasteiger partial charge in [-0.05, 0) is 38.9 Å². The summed E-state index contributed by atoms with van der Waals surface area (Å²) in [5.74, 6) is 0.744. The maximum Gasteiger partial charge on any atom is 0.0900 e. The average Bonchev–Trinajstić information content (AvgIpc) is 2.73. The summed E-state index contributed by atoms with van der Waals surface area (Å²) in [6.07, 6.45) is 3.14. The van der Waals surface area contributed by atoms with Crippen LogP contribution in [0, 0.1) is 5.92 Å². The predicted molar refractivity (Wildman–Crippen MR) is 70.2 cm³/mol. The Morgan fingerprint density at radius 1 is 1.53 bits per heavy atom. The second-order valence-corrected chi connectivity index (χ2v) is 5.05. The number of β-amino-alcohol motifs (C(OH)–C–C–N with tert-alkyl or cyclic N) is 1. The third-order valence-corrected chi connectivity index (χ3v) is 3.28. The molecule has 0 aromatic heterocycles. The minimum absolute atomic E-state index is 0.333. The van der Waals surface area contributed by atoms with E-state index >= 15 is 0 Å². The number of rotatable bonds is 9. The van der Waals surface area contributed by atoms with Crippen molar-refractivity contribution in [2.45, 2.75) is 32.3 Å². The third kappa shape index (κ3) is 6.36. The molecular formula is C13H28N2O2. The molecule has 0 aromatic carbocycles. The van der Waals surface area contributed by atoms with Gasteiger partial charge in [-0.15, -0.1) is 0 Å². The first-order valence-corrected chi connectivity index (χ1v) is 6.89. The summed E-state index contributed by atoms with van der Waals surface area (Å²) < 4.78 is 5.43. The van der Waals surface area contributed by atoms with Gasteiger partial charge in [0.05, 0.1) is 12.7 Å². The van der Waals surface area contributed by atoms with E-state index in [-0.39, 0.29) is 6.10 Å². The summed E-state index contributed by atoms with van der Waals surface area (Å²) in [4.78, 5) is 2.34. The minimum Gasteiger partial charge on any atom is -0.389 e. The molecule has 1 fully saturated rings. The molecule has 1 rings (SSSR count). The van der Waals surface area contributed by atoms with Gasteiger partial charge in [-0.1, -0.05) is 13.3 Å². The van der Waals surface area contributed by atoms with Crippen LogP contribution < -0.4 is 5.32 Å². The fourth-order valence-corrected chi connectivity index (χ4v) is 2.35. The predicted octanol–water partition coefficient (Wildman–Crippen LogP) is 0.705. The molecule has 2 unspecified atom stereocenters. The molecule has 1 aliphatic rings. The maximum atomic E-state index is 9.84. The van der Waals surface area contributed by atoms with Crippen LogP contribution in [-0.4, -0.2) is 62.6 Å². The zero-order valence-corrected chi connectivity index (χ0v) is 11.3. The Hall–Kier alpha value is -0.160. The smallest absolute Gasteiger partial charge is 0.0900 e. The first kappa shape index (κ1) is 14.9. The molecule has 1 heterocycles. The SMILES string of the molecule is CCCCOCC(O)CN1CCC(CNC)C1. The van der Waals surface area contributed by atoms with Crippen LogP contribution in [0.3, 0.4) is 0 Å². The van der Waals surface area contributed by atoms with E-state index in [9.17, 15) is 5.11 Å². The van der Waals surface area contributed by atoms with Crippen molar-refractivity contribution in [3.63, 3.8) is 0 Å². The highest BCUT2D eigenvalue weighted by atomic mass is 16.5. The lowest BCUT2D eigenvalue weighted by atomic mass is 10.1. The molecule has 0 aromatic rings. The topological polar surface area (TPSA) is 44.7 Å².